The van der Waals surface area contributed by atoms with Gasteiger partial charge in [-0.2, -0.15) is 5.10 Å². The van der Waals surface area contributed by atoms with Gasteiger partial charge in [0.25, 0.3) is 5.91 Å². The Kier molecular flexibility index (Phi) is 4.62. The maximum Gasteiger partial charge on any atom is 0.259 e. The van der Waals surface area contributed by atoms with E-state index in [1.165, 1.54) is 0 Å². The quantitative estimate of drug-likeness (QED) is 0.689. The van der Waals surface area contributed by atoms with Crippen LogP contribution >= 0.6 is 0 Å². The summed E-state index contributed by atoms with van der Waals surface area (Å²) < 4.78 is 12.9. The maximum absolute atomic E-state index is 13.0. The van der Waals surface area contributed by atoms with Gasteiger partial charge in [-0.05, 0) is 32.0 Å². The van der Waals surface area contributed by atoms with Gasteiger partial charge in [-0.25, -0.2) is 0 Å². The summed E-state index contributed by atoms with van der Waals surface area (Å²) in [5, 5.41) is 8.34. The van der Waals surface area contributed by atoms with E-state index >= 15 is 0 Å². The molecular weight excluding hydrogens is 346 g/mol. The van der Waals surface area contributed by atoms with E-state index in [1.807, 2.05) is 27.8 Å². The average Bonchev–Trinajstić information content (AvgIpc) is 3.28. The Balaban J connectivity index is 1.48. The molecular formula is C19H21N5O3. The predicted molar refractivity (Wildman–Crippen MR) is 96.3 cm³/mol. The highest BCUT2D eigenvalue weighted by Gasteiger charge is 2.31. The molecule has 140 valence electrons. The average molecular weight is 367 g/mol. The molecule has 3 aromatic heterocycles. The molecule has 0 saturated heterocycles. The van der Waals surface area contributed by atoms with Crippen molar-refractivity contribution in [1.29, 1.82) is 0 Å². The molecule has 1 atom stereocenters. The molecule has 0 aliphatic carbocycles. The molecule has 0 fully saturated rings. The second kappa shape index (κ2) is 7.22. The van der Waals surface area contributed by atoms with E-state index in [1.54, 1.807) is 32.4 Å². The second-order valence-corrected chi connectivity index (χ2v) is 6.63. The molecule has 1 unspecified atom stereocenters. The molecule has 1 amide bonds. The molecule has 0 saturated carbocycles. The summed E-state index contributed by atoms with van der Waals surface area (Å²) in [6.45, 7) is 5.15. The van der Waals surface area contributed by atoms with Crippen LogP contribution in [0.2, 0.25) is 0 Å². The fourth-order valence-electron chi connectivity index (χ4n) is 3.45. The van der Waals surface area contributed by atoms with Crippen LogP contribution in [0.15, 0.2) is 41.3 Å². The third-order valence-electron chi connectivity index (χ3n) is 4.77. The number of pyridine rings is 1. The van der Waals surface area contributed by atoms with Gasteiger partial charge in [0.1, 0.15) is 17.1 Å². The molecule has 0 aromatic carbocycles. The fraction of sp³-hybridized carbons (Fsp3) is 0.368. The van der Waals surface area contributed by atoms with Gasteiger partial charge in [0, 0.05) is 25.4 Å². The molecule has 3 aromatic rings. The number of nitrogens with zero attached hydrogens (tertiary/aromatic N) is 5. The van der Waals surface area contributed by atoms with Crippen molar-refractivity contribution < 1.29 is 14.1 Å². The lowest BCUT2D eigenvalue weighted by Crippen LogP contribution is -2.42. The lowest BCUT2D eigenvalue weighted by Gasteiger charge is -2.34. The highest BCUT2D eigenvalue weighted by molar-refractivity contribution is 5.96. The van der Waals surface area contributed by atoms with E-state index in [-0.39, 0.29) is 11.9 Å². The van der Waals surface area contributed by atoms with Crippen molar-refractivity contribution in [2.75, 3.05) is 13.2 Å². The van der Waals surface area contributed by atoms with Crippen LogP contribution in [0.1, 0.15) is 40.0 Å². The highest BCUT2D eigenvalue weighted by atomic mass is 16.5. The van der Waals surface area contributed by atoms with Crippen LogP contribution in [0.25, 0.3) is 0 Å². The molecule has 0 radical (unpaired) electrons. The molecule has 27 heavy (non-hydrogen) atoms. The number of aromatic nitrogens is 4. The van der Waals surface area contributed by atoms with Crippen LogP contribution in [-0.2, 0) is 6.54 Å². The van der Waals surface area contributed by atoms with Gasteiger partial charge in [0.2, 0.25) is 0 Å². The first kappa shape index (κ1) is 17.3. The number of aryl methyl sites for hydroxylation is 2. The van der Waals surface area contributed by atoms with E-state index in [9.17, 15) is 4.79 Å². The Morgan fingerprint density at radius 1 is 1.33 bits per heavy atom. The summed E-state index contributed by atoms with van der Waals surface area (Å²) in [4.78, 5) is 18.9. The summed E-state index contributed by atoms with van der Waals surface area (Å²) in [6.07, 6.45) is 5.90. The van der Waals surface area contributed by atoms with E-state index < -0.39 is 0 Å². The highest BCUT2D eigenvalue weighted by Crippen LogP contribution is 2.26. The van der Waals surface area contributed by atoms with Crippen molar-refractivity contribution in [2.45, 2.75) is 32.9 Å². The van der Waals surface area contributed by atoms with Crippen molar-refractivity contribution in [3.05, 3.63) is 59.5 Å². The summed E-state index contributed by atoms with van der Waals surface area (Å²) in [6, 6.07) is 5.71. The summed E-state index contributed by atoms with van der Waals surface area (Å²) in [5.41, 5.74) is 2.18. The monoisotopic (exact) mass is 367 g/mol. The van der Waals surface area contributed by atoms with Crippen molar-refractivity contribution in [1.82, 2.24) is 24.8 Å². The Hall–Kier alpha value is -3.16. The molecule has 4 rings (SSSR count). The first-order chi connectivity index (χ1) is 13.1. The molecule has 8 heteroatoms. The second-order valence-electron chi connectivity index (χ2n) is 6.63. The van der Waals surface area contributed by atoms with Gasteiger partial charge >= 0.3 is 0 Å². The van der Waals surface area contributed by atoms with Gasteiger partial charge in [0.15, 0.2) is 0 Å². The normalized spacial score (nSPS) is 16.2. The fourth-order valence-corrected chi connectivity index (χ4v) is 3.45. The van der Waals surface area contributed by atoms with Crippen LogP contribution in [0.5, 0.6) is 5.75 Å². The largest absolute Gasteiger partial charge is 0.492 e. The zero-order valence-electron chi connectivity index (χ0n) is 15.3. The molecule has 1 aliphatic heterocycles. The molecule has 8 nitrogen and oxygen atoms in total. The van der Waals surface area contributed by atoms with Gasteiger partial charge < -0.3 is 14.2 Å². The number of hydrogen-bond acceptors (Lipinski definition) is 6. The lowest BCUT2D eigenvalue weighted by atomic mass is 10.1. The summed E-state index contributed by atoms with van der Waals surface area (Å²) in [5.74, 6) is 1.22. The molecule has 0 bridgehead atoms. The van der Waals surface area contributed by atoms with E-state index in [0.29, 0.717) is 36.7 Å². The number of carbonyl (C=O) groups is 1. The first-order valence-corrected chi connectivity index (χ1v) is 8.91. The SMILES string of the molecule is Cc1noc(C)c1C(=O)N1Cc2ccnn2C(CCOc2cccnc2)C1. The van der Waals surface area contributed by atoms with Crippen molar-refractivity contribution in [2.24, 2.45) is 0 Å². The van der Waals surface area contributed by atoms with Gasteiger partial charge in [-0.3, -0.25) is 14.5 Å². The van der Waals surface area contributed by atoms with E-state index in [0.717, 1.165) is 17.9 Å². The van der Waals surface area contributed by atoms with Gasteiger partial charge in [-0.1, -0.05) is 5.16 Å². The number of hydrogen-bond donors (Lipinski definition) is 0. The standard InChI is InChI=1S/C19H21N5O3/c1-13-18(14(2)27-22-13)19(25)23-11-15-5-8-21-24(15)16(12-23)6-9-26-17-4-3-7-20-10-17/h3-5,7-8,10,16H,6,9,11-12H2,1-2H3. The molecule has 0 spiro atoms. The van der Waals surface area contributed by atoms with E-state index in [2.05, 4.69) is 15.2 Å². The maximum atomic E-state index is 13.0. The smallest absolute Gasteiger partial charge is 0.259 e. The predicted octanol–water partition coefficient (Wildman–Crippen LogP) is 2.55. The molecule has 1 aliphatic rings. The number of amides is 1. The van der Waals surface area contributed by atoms with Crippen LogP contribution in [0.4, 0.5) is 0 Å². The Morgan fingerprint density at radius 2 is 2.22 bits per heavy atom. The summed E-state index contributed by atoms with van der Waals surface area (Å²) >= 11 is 0. The zero-order chi connectivity index (χ0) is 18.8. The Morgan fingerprint density at radius 3 is 2.96 bits per heavy atom. The van der Waals surface area contributed by atoms with Crippen LogP contribution in [-0.4, -0.2) is 43.9 Å². The topological polar surface area (TPSA) is 86.3 Å². The van der Waals surface area contributed by atoms with Gasteiger partial charge in [0.05, 0.1) is 36.8 Å². The first-order valence-electron chi connectivity index (χ1n) is 8.91. The minimum Gasteiger partial charge on any atom is -0.492 e. The molecule has 0 N–H and O–H groups in total. The number of carbonyl (C=O) groups excluding carboxylic acids is 1. The van der Waals surface area contributed by atoms with Crippen molar-refractivity contribution in [3.63, 3.8) is 0 Å². The minimum absolute atomic E-state index is 0.0462. The third kappa shape index (κ3) is 3.42. The number of fused-ring (bicyclic) bond motifs is 1. The van der Waals surface area contributed by atoms with Crippen LogP contribution < -0.4 is 4.74 Å². The molecule has 4 heterocycles. The summed E-state index contributed by atoms with van der Waals surface area (Å²) in [7, 11) is 0. The van der Waals surface area contributed by atoms with Gasteiger partial charge in [-0.15, -0.1) is 0 Å². The Labute approximate surface area is 156 Å². The zero-order valence-corrected chi connectivity index (χ0v) is 15.3. The van der Waals surface area contributed by atoms with E-state index in [4.69, 9.17) is 9.26 Å². The lowest BCUT2D eigenvalue weighted by molar-refractivity contribution is 0.0652. The van der Waals surface area contributed by atoms with Crippen LogP contribution in [0.3, 0.4) is 0 Å². The van der Waals surface area contributed by atoms with Crippen molar-refractivity contribution >= 4 is 5.91 Å². The Bertz CT molecular complexity index is 914. The third-order valence-corrected chi connectivity index (χ3v) is 4.77. The minimum atomic E-state index is -0.0584. The number of ether oxygens (including phenoxy) is 1. The van der Waals surface area contributed by atoms with Crippen LogP contribution in [0, 0.1) is 13.8 Å². The van der Waals surface area contributed by atoms with Crippen molar-refractivity contribution in [3.8, 4) is 5.75 Å². The number of rotatable bonds is 5.